The van der Waals surface area contributed by atoms with Gasteiger partial charge in [-0.25, -0.2) is 4.98 Å². The van der Waals surface area contributed by atoms with Gasteiger partial charge in [0, 0.05) is 37.5 Å². The van der Waals surface area contributed by atoms with Crippen molar-refractivity contribution in [3.05, 3.63) is 53.0 Å². The van der Waals surface area contributed by atoms with E-state index in [0.717, 1.165) is 39.1 Å². The minimum Gasteiger partial charge on any atom is -0.383 e. The van der Waals surface area contributed by atoms with Crippen LogP contribution in [-0.4, -0.2) is 60.7 Å². The Morgan fingerprint density at radius 3 is 2.50 bits per heavy atom. The number of amides is 1. The monoisotopic (exact) mass is 464 g/mol. The Morgan fingerprint density at radius 1 is 1.24 bits per heavy atom. The van der Waals surface area contributed by atoms with Gasteiger partial charge in [-0.2, -0.15) is 10.2 Å². The molecule has 0 spiro atoms. The highest BCUT2D eigenvalue weighted by Crippen LogP contribution is 2.28. The van der Waals surface area contributed by atoms with Crippen LogP contribution >= 0.6 is 0 Å². The summed E-state index contributed by atoms with van der Waals surface area (Å²) in [7, 11) is 1.74. The third kappa shape index (κ3) is 7.24. The fraction of sp³-hybridized carbons (Fsp3) is 0.538. The number of anilines is 1. The summed E-state index contributed by atoms with van der Waals surface area (Å²) in [5.74, 6) is 0.895. The third-order valence-corrected chi connectivity index (χ3v) is 5.93. The van der Waals surface area contributed by atoms with Crippen LogP contribution in [0.25, 0.3) is 0 Å². The second kappa shape index (κ2) is 11.4. The van der Waals surface area contributed by atoms with Crippen LogP contribution in [0.3, 0.4) is 0 Å². The summed E-state index contributed by atoms with van der Waals surface area (Å²) in [6.45, 7) is 12.5. The number of hydrogen-bond acceptors (Lipinski definition) is 7. The Bertz CT molecular complexity index is 1000. The molecule has 1 amide bonds. The van der Waals surface area contributed by atoms with Gasteiger partial charge in [0.15, 0.2) is 5.82 Å². The van der Waals surface area contributed by atoms with Crippen molar-refractivity contribution in [3.8, 4) is 6.07 Å². The maximum atomic E-state index is 13.1. The molecular weight excluding hydrogens is 428 g/mol. The maximum absolute atomic E-state index is 13.1. The highest BCUT2D eigenvalue weighted by Gasteiger charge is 2.23. The molecule has 3 rings (SSSR count). The van der Waals surface area contributed by atoms with Gasteiger partial charge in [0.25, 0.3) is 5.91 Å². The molecule has 1 aliphatic rings. The molecule has 0 bridgehead atoms. The quantitative estimate of drug-likeness (QED) is 0.596. The number of benzene rings is 1. The van der Waals surface area contributed by atoms with Gasteiger partial charge in [0.2, 0.25) is 5.82 Å². The van der Waals surface area contributed by atoms with E-state index in [1.807, 2.05) is 25.1 Å². The van der Waals surface area contributed by atoms with Crippen LogP contribution in [0.2, 0.25) is 0 Å². The largest absolute Gasteiger partial charge is 0.383 e. The molecule has 182 valence electrons. The lowest BCUT2D eigenvalue weighted by Crippen LogP contribution is -2.47. The van der Waals surface area contributed by atoms with Crippen molar-refractivity contribution >= 4 is 11.7 Å². The summed E-state index contributed by atoms with van der Waals surface area (Å²) in [5, 5.41) is 11.0. The number of carbonyl (C=O) groups excluding carboxylic acids is 1. The van der Waals surface area contributed by atoms with Crippen LogP contribution in [-0.2, 0) is 4.74 Å². The molecule has 1 N–H and O–H groups in total. The number of carbonyl (C=O) groups is 1. The number of piperidine rings is 1. The zero-order valence-electron chi connectivity index (χ0n) is 21.0. The summed E-state index contributed by atoms with van der Waals surface area (Å²) >= 11 is 0. The molecule has 0 saturated carbocycles. The molecule has 0 radical (unpaired) electrons. The summed E-state index contributed by atoms with van der Waals surface area (Å²) < 4.78 is 5.19. The Balaban J connectivity index is 1.69. The van der Waals surface area contributed by atoms with Crippen LogP contribution in [0.4, 0.5) is 5.82 Å². The standard InChI is InChI=1S/C26H36N6O2/c1-19-16-24(29-23(17-27)28-19)32(18-26(2,3)4)30-25(33)22-8-6-20(7-9-22)21-10-12-31(13-11-21)14-15-34-5/h6-9,16,21H,10-15,18H2,1-5H3,(H,30,33). The molecular formula is C26H36N6O2. The first-order valence-electron chi connectivity index (χ1n) is 11.8. The smallest absolute Gasteiger partial charge is 0.269 e. The van der Waals surface area contributed by atoms with Crippen molar-refractivity contribution in [2.24, 2.45) is 5.41 Å². The summed E-state index contributed by atoms with van der Waals surface area (Å²) in [5.41, 5.74) is 5.42. The maximum Gasteiger partial charge on any atom is 0.269 e. The summed E-state index contributed by atoms with van der Waals surface area (Å²) in [6.07, 6.45) is 2.23. The molecule has 0 atom stereocenters. The zero-order valence-corrected chi connectivity index (χ0v) is 21.0. The van der Waals surface area contributed by atoms with Crippen molar-refractivity contribution in [1.82, 2.24) is 20.3 Å². The van der Waals surface area contributed by atoms with E-state index in [2.05, 4.69) is 53.2 Å². The third-order valence-electron chi connectivity index (χ3n) is 5.93. The van der Waals surface area contributed by atoms with E-state index in [0.29, 0.717) is 29.5 Å². The van der Waals surface area contributed by atoms with E-state index in [9.17, 15) is 10.1 Å². The highest BCUT2D eigenvalue weighted by molar-refractivity contribution is 5.95. The number of methoxy groups -OCH3 is 1. The predicted molar refractivity (Wildman–Crippen MR) is 132 cm³/mol. The Kier molecular flexibility index (Phi) is 8.59. The molecule has 8 nitrogen and oxygen atoms in total. The van der Waals surface area contributed by atoms with Crippen molar-refractivity contribution in [3.63, 3.8) is 0 Å². The summed E-state index contributed by atoms with van der Waals surface area (Å²) in [6, 6.07) is 11.7. The Hall–Kier alpha value is -3.02. The minimum atomic E-state index is -0.208. The van der Waals surface area contributed by atoms with E-state index < -0.39 is 0 Å². The second-order valence-electron chi connectivity index (χ2n) is 10.1. The van der Waals surface area contributed by atoms with Gasteiger partial charge in [0.05, 0.1) is 6.61 Å². The van der Waals surface area contributed by atoms with Crippen LogP contribution in [0.15, 0.2) is 30.3 Å². The molecule has 2 heterocycles. The normalized spacial score (nSPS) is 15.1. The molecule has 1 fully saturated rings. The lowest BCUT2D eigenvalue weighted by atomic mass is 9.89. The number of nitrogens with one attached hydrogen (secondary N) is 1. The van der Waals surface area contributed by atoms with Gasteiger partial charge in [-0.1, -0.05) is 32.9 Å². The molecule has 1 aliphatic heterocycles. The van der Waals surface area contributed by atoms with Crippen LogP contribution in [0.5, 0.6) is 0 Å². The average Bonchev–Trinajstić information content (AvgIpc) is 2.81. The number of hydrogen-bond donors (Lipinski definition) is 1. The predicted octanol–water partition coefficient (Wildman–Crippen LogP) is 3.68. The van der Waals surface area contributed by atoms with Crippen LogP contribution < -0.4 is 10.4 Å². The van der Waals surface area contributed by atoms with Gasteiger partial charge in [-0.05, 0) is 61.9 Å². The average molecular weight is 465 g/mol. The number of aromatic nitrogens is 2. The van der Waals surface area contributed by atoms with E-state index in [-0.39, 0.29) is 17.1 Å². The fourth-order valence-corrected chi connectivity index (χ4v) is 4.20. The van der Waals surface area contributed by atoms with Crippen LogP contribution in [0, 0.1) is 23.7 Å². The van der Waals surface area contributed by atoms with Crippen molar-refractivity contribution in [2.45, 2.75) is 46.5 Å². The number of rotatable bonds is 8. The van der Waals surface area contributed by atoms with E-state index >= 15 is 0 Å². The van der Waals surface area contributed by atoms with E-state index in [4.69, 9.17) is 4.74 Å². The van der Waals surface area contributed by atoms with E-state index in [1.165, 1.54) is 5.56 Å². The lowest BCUT2D eigenvalue weighted by molar-refractivity contribution is 0.0945. The molecule has 1 aromatic carbocycles. The SMILES string of the molecule is COCCN1CCC(c2ccc(C(=O)NN(CC(C)(C)C)c3cc(C)nc(C#N)n3)cc2)CC1. The first-order valence-corrected chi connectivity index (χ1v) is 11.8. The summed E-state index contributed by atoms with van der Waals surface area (Å²) in [4.78, 5) is 24.0. The minimum absolute atomic E-state index is 0.0841. The Morgan fingerprint density at radius 2 is 1.91 bits per heavy atom. The second-order valence-corrected chi connectivity index (χ2v) is 10.1. The lowest BCUT2D eigenvalue weighted by Gasteiger charge is -2.32. The van der Waals surface area contributed by atoms with Gasteiger partial charge >= 0.3 is 0 Å². The first kappa shape index (κ1) is 25.6. The van der Waals surface area contributed by atoms with E-state index in [1.54, 1.807) is 18.2 Å². The molecule has 8 heteroatoms. The van der Waals surface area contributed by atoms with Crippen molar-refractivity contribution < 1.29 is 9.53 Å². The number of aryl methyl sites for hydroxylation is 1. The molecule has 2 aromatic rings. The molecule has 1 aromatic heterocycles. The first-order chi connectivity index (χ1) is 16.2. The Labute approximate surface area is 202 Å². The van der Waals surface area contributed by atoms with Crippen LogP contribution in [0.1, 0.15) is 67.0 Å². The zero-order chi connectivity index (χ0) is 24.7. The highest BCUT2D eigenvalue weighted by atomic mass is 16.5. The van der Waals surface area contributed by atoms with Crippen molar-refractivity contribution in [2.75, 3.05) is 44.9 Å². The van der Waals surface area contributed by atoms with Gasteiger partial charge in [0.1, 0.15) is 6.07 Å². The number of likely N-dealkylation sites (tertiary alicyclic amines) is 1. The number of hydrazine groups is 1. The fourth-order valence-electron chi connectivity index (χ4n) is 4.20. The van der Waals surface area contributed by atoms with Gasteiger partial charge in [-0.15, -0.1) is 0 Å². The van der Waals surface area contributed by atoms with Gasteiger partial charge < -0.3 is 9.64 Å². The number of ether oxygens (including phenoxy) is 1. The molecule has 0 unspecified atom stereocenters. The molecule has 0 aliphatic carbocycles. The van der Waals surface area contributed by atoms with Crippen molar-refractivity contribution in [1.29, 1.82) is 5.26 Å². The van der Waals surface area contributed by atoms with Gasteiger partial charge in [-0.3, -0.25) is 15.2 Å². The topological polar surface area (TPSA) is 94.4 Å². The molecule has 34 heavy (non-hydrogen) atoms. The molecule has 1 saturated heterocycles. The number of nitrogens with zero attached hydrogens (tertiary/aromatic N) is 5. The number of nitriles is 1.